The number of fused-ring (bicyclic) bond motifs is 17. The molecule has 0 fully saturated rings. The van der Waals surface area contributed by atoms with Gasteiger partial charge in [-0.1, -0.05) is 146 Å². The Bertz CT molecular complexity index is 6760. The zero-order chi connectivity index (χ0) is 60.3. The molecule has 0 bridgehead atoms. The summed E-state index contributed by atoms with van der Waals surface area (Å²) in [5.74, 6) is 0. The van der Waals surface area contributed by atoms with Crippen LogP contribution in [0.25, 0.3) is 198 Å². The summed E-state index contributed by atoms with van der Waals surface area (Å²) in [6.07, 6.45) is 0. The molecule has 9 nitrogen and oxygen atoms in total. The molecule has 5 heterocycles. The molecule has 0 aliphatic heterocycles. The molecule has 5 aromatic heterocycles. The summed E-state index contributed by atoms with van der Waals surface area (Å²) in [5.41, 5.74) is 13.1. The van der Waals surface area contributed by atoms with E-state index in [-0.39, 0.29) is 21.7 Å². The van der Waals surface area contributed by atoms with E-state index in [2.05, 4.69) is 60.7 Å². The fourth-order valence-corrected chi connectivity index (χ4v) is 14.0. The molecule has 0 saturated carbocycles. The van der Waals surface area contributed by atoms with E-state index in [1.54, 1.807) is 18.2 Å². The highest BCUT2D eigenvalue weighted by molar-refractivity contribution is 6.29. The minimum absolute atomic E-state index is 0.114. The normalized spacial score (nSPS) is 12.1. The van der Waals surface area contributed by atoms with Gasteiger partial charge in [0.05, 0.1) is 43.1 Å². The maximum Gasteiger partial charge on any atom is 0.200 e. The van der Waals surface area contributed by atoms with Gasteiger partial charge in [-0.3, -0.25) is 19.2 Å². The van der Waals surface area contributed by atoms with Crippen LogP contribution in [0.15, 0.2) is 296 Å². The van der Waals surface area contributed by atoms with E-state index in [1.165, 1.54) is 0 Å². The van der Waals surface area contributed by atoms with Crippen molar-refractivity contribution in [1.82, 2.24) is 0 Å². The van der Waals surface area contributed by atoms with Crippen molar-refractivity contribution < 1.29 is 22.1 Å². The van der Waals surface area contributed by atoms with Gasteiger partial charge in [0.1, 0.15) is 55.8 Å². The van der Waals surface area contributed by atoms with Crippen LogP contribution in [0.5, 0.6) is 0 Å². The monoisotopic (exact) mass is 1170 g/mol. The van der Waals surface area contributed by atoms with Crippen molar-refractivity contribution in [2.75, 3.05) is 0 Å². The van der Waals surface area contributed by atoms with E-state index >= 15 is 0 Å². The summed E-state index contributed by atoms with van der Waals surface area (Å²) < 4.78 is 31.7. The first-order valence-corrected chi connectivity index (χ1v) is 30.0. The van der Waals surface area contributed by atoms with Crippen LogP contribution >= 0.6 is 0 Å². The highest BCUT2D eigenvalue weighted by atomic mass is 16.3. The molecule has 0 spiro atoms. The van der Waals surface area contributed by atoms with Crippen LogP contribution in [-0.2, 0) is 0 Å². The Morgan fingerprint density at radius 1 is 0.176 bits per heavy atom. The lowest BCUT2D eigenvalue weighted by Crippen LogP contribution is -2.03. The summed E-state index contributed by atoms with van der Waals surface area (Å²) in [4.78, 5) is 57.6. The molecule has 9 heteroatoms. The number of benzene rings is 14. The van der Waals surface area contributed by atoms with Gasteiger partial charge in [-0.15, -0.1) is 0 Å². The third-order valence-corrected chi connectivity index (χ3v) is 18.5. The smallest absolute Gasteiger partial charge is 0.200 e. The third kappa shape index (κ3) is 7.65. The van der Waals surface area contributed by atoms with E-state index < -0.39 is 0 Å². The molecule has 91 heavy (non-hydrogen) atoms. The van der Waals surface area contributed by atoms with Crippen LogP contribution in [0, 0.1) is 0 Å². The molecule has 14 aromatic carbocycles. The topological polar surface area (TPSA) is 134 Å². The van der Waals surface area contributed by atoms with Crippen LogP contribution in [0.4, 0.5) is 0 Å². The van der Waals surface area contributed by atoms with Gasteiger partial charge in [0.2, 0.25) is 21.7 Å². The first-order chi connectivity index (χ1) is 44.7. The van der Waals surface area contributed by atoms with Crippen molar-refractivity contribution in [1.29, 1.82) is 0 Å². The third-order valence-electron chi connectivity index (χ3n) is 18.5. The Balaban J connectivity index is 0.689. The predicted octanol–water partition coefficient (Wildman–Crippen LogP) is 20.4. The van der Waals surface area contributed by atoms with Crippen LogP contribution in [0.2, 0.25) is 0 Å². The largest absolute Gasteiger partial charge is 0.456 e. The standard InChI is InChI=1S/C82H42O9/c83-78-59-12-4-6-18-69(59)87-70-28-21-45(36-61(70)78)46-22-30-72-63(38-46)79(84)62-37-44(20-29-71(62)88-72)43-19-27-54-53-9-1-2-11-56(53)77-51(13-7-15-57(77)60(54)35-43)49-25-33-75-66(41-49)80(85)64-39-47(23-31-73(64)89-75)48-24-32-74-65(40-48)81(86)67-42-50(26-34-76(67)90-74)52-14-8-16-58-55-10-3-5-17-68(55)91-82(52)58/h1-42H. The van der Waals surface area contributed by atoms with Gasteiger partial charge < -0.3 is 22.1 Å². The Kier molecular flexibility index (Phi) is 10.6. The molecule has 0 radical (unpaired) electrons. The second-order valence-corrected chi connectivity index (χ2v) is 23.5. The molecule has 0 amide bonds. The Hall–Kier alpha value is -12.5. The molecule has 424 valence electrons. The van der Waals surface area contributed by atoms with Crippen LogP contribution < -0.4 is 21.7 Å². The first-order valence-electron chi connectivity index (χ1n) is 30.0. The lowest BCUT2D eigenvalue weighted by Gasteiger charge is -2.16. The number of furan rings is 1. The minimum atomic E-state index is -0.175. The average Bonchev–Trinajstić information content (AvgIpc) is 1.49. The van der Waals surface area contributed by atoms with Crippen molar-refractivity contribution in [2.24, 2.45) is 0 Å². The Morgan fingerprint density at radius 3 is 0.934 bits per heavy atom. The molecule has 0 saturated heterocycles. The predicted molar refractivity (Wildman–Crippen MR) is 368 cm³/mol. The lowest BCUT2D eigenvalue weighted by atomic mass is 9.88. The van der Waals surface area contributed by atoms with Crippen molar-refractivity contribution in [3.63, 3.8) is 0 Å². The zero-order valence-corrected chi connectivity index (χ0v) is 47.9. The molecule has 0 atom stereocenters. The second-order valence-electron chi connectivity index (χ2n) is 23.5. The Morgan fingerprint density at radius 2 is 0.462 bits per heavy atom. The summed E-state index contributed by atoms with van der Waals surface area (Å²) >= 11 is 0. The van der Waals surface area contributed by atoms with Gasteiger partial charge >= 0.3 is 0 Å². The highest BCUT2D eigenvalue weighted by Crippen LogP contribution is 2.44. The van der Waals surface area contributed by atoms with Gasteiger partial charge in [0.15, 0.2) is 0 Å². The molecule has 0 unspecified atom stereocenters. The van der Waals surface area contributed by atoms with Gasteiger partial charge in [0.25, 0.3) is 0 Å². The maximum atomic E-state index is 14.9. The van der Waals surface area contributed by atoms with Gasteiger partial charge in [-0.05, 0) is 192 Å². The molecular formula is C82H42O9. The van der Waals surface area contributed by atoms with Gasteiger partial charge in [-0.25, -0.2) is 0 Å². The minimum Gasteiger partial charge on any atom is -0.456 e. The molecule has 0 aliphatic rings. The number of para-hydroxylation sites is 3. The first kappa shape index (κ1) is 50.7. The Labute approximate surface area is 512 Å². The van der Waals surface area contributed by atoms with E-state index in [4.69, 9.17) is 22.1 Å². The molecule has 0 aliphatic carbocycles. The van der Waals surface area contributed by atoms with Gasteiger partial charge in [-0.2, -0.15) is 0 Å². The van der Waals surface area contributed by atoms with Crippen molar-refractivity contribution >= 4 is 142 Å². The zero-order valence-electron chi connectivity index (χ0n) is 47.9. The molecule has 19 rings (SSSR count). The summed E-state index contributed by atoms with van der Waals surface area (Å²) in [5, 5.41) is 11.9. The van der Waals surface area contributed by atoms with Gasteiger partial charge in [0, 0.05) is 16.3 Å². The summed E-state index contributed by atoms with van der Waals surface area (Å²) in [6, 6.07) is 81.8. The van der Waals surface area contributed by atoms with E-state index in [0.29, 0.717) is 87.8 Å². The number of hydrogen-bond donors (Lipinski definition) is 0. The lowest BCUT2D eigenvalue weighted by molar-refractivity contribution is 0.659. The molecule has 19 aromatic rings. The maximum absolute atomic E-state index is 14.9. The van der Waals surface area contributed by atoms with Crippen molar-refractivity contribution in [2.45, 2.75) is 0 Å². The van der Waals surface area contributed by atoms with E-state index in [1.807, 2.05) is 176 Å². The fraction of sp³-hybridized carbons (Fsp3) is 0. The van der Waals surface area contributed by atoms with Crippen molar-refractivity contribution in [3.8, 4) is 55.6 Å². The van der Waals surface area contributed by atoms with Crippen molar-refractivity contribution in [3.05, 3.63) is 296 Å². The molecule has 0 N–H and O–H groups in total. The second kappa shape index (κ2) is 19.0. The molecular weight excluding hydrogens is 1130 g/mol. The van der Waals surface area contributed by atoms with Crippen LogP contribution in [0.3, 0.4) is 0 Å². The van der Waals surface area contributed by atoms with E-state index in [0.717, 1.165) is 110 Å². The highest BCUT2D eigenvalue weighted by Gasteiger charge is 2.21. The van der Waals surface area contributed by atoms with E-state index in [9.17, 15) is 19.2 Å². The number of hydrogen-bond acceptors (Lipinski definition) is 9. The SMILES string of the molecule is O=c1c2ccccc2oc2ccc(-c3ccc4oc5ccc(-c6ccc7c8ccccc8c8c(-c9ccc%10oc%11ccc(-c%12ccc%13oc%14ccc(-c%15cccc%16c%15oc%15ccccc%15%16)cc%14c(=O)c%13c%12)cc%11c(=O)c%10c9)cccc8c7c6)cc5c(=O)c4c3)cc12. The summed E-state index contributed by atoms with van der Waals surface area (Å²) in [7, 11) is 0. The fourth-order valence-electron chi connectivity index (χ4n) is 14.0. The average molecular weight is 1170 g/mol. The summed E-state index contributed by atoms with van der Waals surface area (Å²) in [6.45, 7) is 0. The van der Waals surface area contributed by atoms with Crippen LogP contribution in [0.1, 0.15) is 0 Å². The van der Waals surface area contributed by atoms with Crippen LogP contribution in [-0.4, -0.2) is 0 Å². The number of rotatable bonds is 5. The quantitative estimate of drug-likeness (QED) is 0.122.